The summed E-state index contributed by atoms with van der Waals surface area (Å²) in [6, 6.07) is 18.8. The van der Waals surface area contributed by atoms with E-state index in [1.165, 1.54) is 16.7 Å². The molecule has 2 aromatic rings. The maximum atomic E-state index is 12.6. The first-order chi connectivity index (χ1) is 14.2. The van der Waals surface area contributed by atoms with Gasteiger partial charge in [-0.3, -0.25) is 9.79 Å². The minimum absolute atomic E-state index is 0. The maximum absolute atomic E-state index is 12.6. The highest BCUT2D eigenvalue weighted by atomic mass is 127. The molecule has 2 aromatic carbocycles. The molecule has 0 fully saturated rings. The zero-order valence-electron chi connectivity index (χ0n) is 18.0. The number of halogens is 1. The molecule has 0 bridgehead atoms. The van der Waals surface area contributed by atoms with Gasteiger partial charge in [-0.1, -0.05) is 54.6 Å². The van der Waals surface area contributed by atoms with Crippen molar-refractivity contribution in [2.45, 2.75) is 39.3 Å². The number of benzene rings is 2. The summed E-state index contributed by atoms with van der Waals surface area (Å²) in [5, 5.41) is 3.35. The Morgan fingerprint density at radius 1 is 1.10 bits per heavy atom. The quantitative estimate of drug-likeness (QED) is 0.259. The molecule has 0 aliphatic carbocycles. The number of hydrogen-bond donors (Lipinski definition) is 1. The van der Waals surface area contributed by atoms with Crippen LogP contribution in [0.15, 0.2) is 59.6 Å². The summed E-state index contributed by atoms with van der Waals surface area (Å²) in [6.45, 7) is 5.91. The number of amides is 1. The van der Waals surface area contributed by atoms with E-state index in [1.54, 1.807) is 0 Å². The molecule has 0 aromatic heterocycles. The minimum atomic E-state index is 0. The number of carbonyl (C=O) groups excluding carboxylic acids is 1. The Kier molecular flexibility index (Phi) is 10.1. The smallest absolute Gasteiger partial charge is 0.222 e. The third-order valence-electron chi connectivity index (χ3n) is 5.25. The van der Waals surface area contributed by atoms with Gasteiger partial charge in [0, 0.05) is 46.2 Å². The van der Waals surface area contributed by atoms with Crippen LogP contribution in [0.2, 0.25) is 0 Å². The predicted molar refractivity (Wildman–Crippen MR) is 134 cm³/mol. The number of carbonyl (C=O) groups is 1. The van der Waals surface area contributed by atoms with Gasteiger partial charge in [0.25, 0.3) is 0 Å². The van der Waals surface area contributed by atoms with Gasteiger partial charge in [-0.05, 0) is 36.5 Å². The Bertz CT molecular complexity index is 825. The van der Waals surface area contributed by atoms with Crippen molar-refractivity contribution in [2.75, 3.05) is 26.7 Å². The van der Waals surface area contributed by atoms with E-state index in [1.807, 2.05) is 18.0 Å². The van der Waals surface area contributed by atoms with Gasteiger partial charge in [0.2, 0.25) is 5.91 Å². The highest BCUT2D eigenvalue weighted by Gasteiger charge is 2.19. The van der Waals surface area contributed by atoms with E-state index >= 15 is 0 Å². The van der Waals surface area contributed by atoms with Crippen molar-refractivity contribution < 1.29 is 4.79 Å². The lowest BCUT2D eigenvalue weighted by atomic mass is 9.99. The van der Waals surface area contributed by atoms with Crippen molar-refractivity contribution in [3.8, 4) is 0 Å². The second-order valence-corrected chi connectivity index (χ2v) is 7.51. The molecule has 0 unspecified atom stereocenters. The molecule has 1 aliphatic rings. The number of rotatable bonds is 7. The van der Waals surface area contributed by atoms with Gasteiger partial charge in [-0.25, -0.2) is 0 Å². The maximum Gasteiger partial charge on any atom is 0.222 e. The second-order valence-electron chi connectivity index (χ2n) is 7.51. The summed E-state index contributed by atoms with van der Waals surface area (Å²) in [7, 11) is 2.05. The van der Waals surface area contributed by atoms with Gasteiger partial charge >= 0.3 is 0 Å². The number of guanidine groups is 1. The van der Waals surface area contributed by atoms with E-state index in [-0.39, 0.29) is 29.9 Å². The van der Waals surface area contributed by atoms with E-state index in [0.717, 1.165) is 45.0 Å². The molecule has 1 heterocycles. The normalized spacial score (nSPS) is 13.3. The summed E-state index contributed by atoms with van der Waals surface area (Å²) >= 11 is 0. The molecule has 0 saturated heterocycles. The van der Waals surface area contributed by atoms with E-state index in [2.05, 4.69) is 65.7 Å². The first-order valence-corrected chi connectivity index (χ1v) is 10.5. The van der Waals surface area contributed by atoms with E-state index in [9.17, 15) is 4.79 Å². The third-order valence-corrected chi connectivity index (χ3v) is 5.25. The second kappa shape index (κ2) is 12.6. The molecule has 30 heavy (non-hydrogen) atoms. The molecule has 0 atom stereocenters. The van der Waals surface area contributed by atoms with E-state index < -0.39 is 0 Å². The molecule has 0 saturated carbocycles. The first-order valence-electron chi connectivity index (χ1n) is 10.5. The third kappa shape index (κ3) is 7.00. The number of nitrogens with zero attached hydrogens (tertiary/aromatic N) is 3. The average Bonchev–Trinajstić information content (AvgIpc) is 2.76. The van der Waals surface area contributed by atoms with Crippen LogP contribution in [-0.2, 0) is 24.3 Å². The minimum Gasteiger partial charge on any atom is -0.357 e. The van der Waals surface area contributed by atoms with Crippen molar-refractivity contribution in [2.24, 2.45) is 4.99 Å². The van der Waals surface area contributed by atoms with Crippen molar-refractivity contribution in [3.63, 3.8) is 0 Å². The highest BCUT2D eigenvalue weighted by molar-refractivity contribution is 14.0. The van der Waals surface area contributed by atoms with Crippen molar-refractivity contribution in [1.29, 1.82) is 0 Å². The molecule has 0 spiro atoms. The Balaban J connectivity index is 0.00000320. The predicted octanol–water partition coefficient (Wildman–Crippen LogP) is 4.07. The zero-order valence-corrected chi connectivity index (χ0v) is 20.3. The Morgan fingerprint density at radius 2 is 1.80 bits per heavy atom. The number of fused-ring (bicyclic) bond motifs is 1. The van der Waals surface area contributed by atoms with Crippen LogP contribution in [0.3, 0.4) is 0 Å². The molecule has 5 nitrogen and oxygen atoms in total. The molecule has 1 N–H and O–H groups in total. The fourth-order valence-corrected chi connectivity index (χ4v) is 3.68. The van der Waals surface area contributed by atoms with Crippen LogP contribution in [0.5, 0.6) is 0 Å². The highest BCUT2D eigenvalue weighted by Crippen LogP contribution is 2.19. The molecule has 6 heteroatoms. The fourth-order valence-electron chi connectivity index (χ4n) is 3.68. The summed E-state index contributed by atoms with van der Waals surface area (Å²) in [5.41, 5.74) is 3.90. The van der Waals surface area contributed by atoms with E-state index in [0.29, 0.717) is 13.0 Å². The Morgan fingerprint density at radius 3 is 2.53 bits per heavy atom. The van der Waals surface area contributed by atoms with Crippen LogP contribution in [0.4, 0.5) is 0 Å². The van der Waals surface area contributed by atoms with Gasteiger partial charge in [0.15, 0.2) is 5.96 Å². The number of nitrogens with one attached hydrogen (secondary N) is 1. The number of hydrogen-bond acceptors (Lipinski definition) is 2. The van der Waals surface area contributed by atoms with Gasteiger partial charge in [-0.2, -0.15) is 0 Å². The average molecular weight is 520 g/mol. The standard InChI is InChI=1S/C24H32N4O.HI/c1-3-25-24(27(2)18-20-10-5-4-6-11-20)26-16-9-14-23(29)28-17-15-21-12-7-8-13-22(21)19-28;/h4-8,10-13H,3,9,14-19H2,1-2H3,(H,25,26);1H. The molecule has 1 amide bonds. The molecule has 1 aliphatic heterocycles. The molecule has 3 rings (SSSR count). The van der Waals surface area contributed by atoms with E-state index in [4.69, 9.17) is 4.99 Å². The molecular formula is C24H33IN4O. The summed E-state index contributed by atoms with van der Waals surface area (Å²) < 4.78 is 0. The summed E-state index contributed by atoms with van der Waals surface area (Å²) in [4.78, 5) is 21.4. The monoisotopic (exact) mass is 520 g/mol. The van der Waals surface area contributed by atoms with Crippen LogP contribution in [0.1, 0.15) is 36.5 Å². The lowest BCUT2D eigenvalue weighted by Gasteiger charge is -2.29. The van der Waals surface area contributed by atoms with Crippen LogP contribution in [-0.4, -0.2) is 48.3 Å². The Hall–Kier alpha value is -2.09. The SMILES string of the molecule is CCNC(=NCCCC(=O)N1CCc2ccccc2C1)N(C)Cc1ccccc1.I. The zero-order chi connectivity index (χ0) is 20.5. The Labute approximate surface area is 197 Å². The van der Waals surface area contributed by atoms with Crippen LogP contribution < -0.4 is 5.32 Å². The molecular weight excluding hydrogens is 487 g/mol. The fraction of sp³-hybridized carbons (Fsp3) is 0.417. The summed E-state index contributed by atoms with van der Waals surface area (Å²) in [6.07, 6.45) is 2.27. The van der Waals surface area contributed by atoms with Gasteiger partial charge in [0.05, 0.1) is 0 Å². The van der Waals surface area contributed by atoms with Crippen LogP contribution in [0, 0.1) is 0 Å². The first kappa shape index (κ1) is 24.2. The lowest BCUT2D eigenvalue weighted by Crippen LogP contribution is -2.38. The van der Waals surface area contributed by atoms with Crippen LogP contribution in [0.25, 0.3) is 0 Å². The molecule has 0 radical (unpaired) electrons. The molecule has 162 valence electrons. The topological polar surface area (TPSA) is 47.9 Å². The van der Waals surface area contributed by atoms with Crippen molar-refractivity contribution in [3.05, 3.63) is 71.3 Å². The summed E-state index contributed by atoms with van der Waals surface area (Å²) in [5.74, 6) is 1.12. The van der Waals surface area contributed by atoms with Crippen molar-refractivity contribution >= 4 is 35.8 Å². The largest absolute Gasteiger partial charge is 0.357 e. The van der Waals surface area contributed by atoms with Crippen LogP contribution >= 0.6 is 24.0 Å². The van der Waals surface area contributed by atoms with Crippen molar-refractivity contribution in [1.82, 2.24) is 15.1 Å². The van der Waals surface area contributed by atoms with Gasteiger partial charge < -0.3 is 15.1 Å². The lowest BCUT2D eigenvalue weighted by molar-refractivity contribution is -0.132. The number of aliphatic imine (C=N–C) groups is 1. The van der Waals surface area contributed by atoms with Gasteiger partial charge in [-0.15, -0.1) is 24.0 Å². The van der Waals surface area contributed by atoms with Gasteiger partial charge in [0.1, 0.15) is 0 Å².